The molecule has 0 saturated carbocycles. The topological polar surface area (TPSA) is 54.0 Å². The van der Waals surface area contributed by atoms with Crippen LogP contribution in [0.4, 0.5) is 5.13 Å². The number of anilines is 1. The van der Waals surface area contributed by atoms with E-state index in [1.807, 2.05) is 31.2 Å². The Morgan fingerprint density at radius 3 is 2.50 bits per heavy atom. The molecule has 1 aromatic carbocycles. The van der Waals surface area contributed by atoms with Crippen molar-refractivity contribution in [3.63, 3.8) is 0 Å². The molecule has 0 atom stereocenters. The Morgan fingerprint density at radius 1 is 1.25 bits per heavy atom. The van der Waals surface area contributed by atoms with Crippen LogP contribution in [0.2, 0.25) is 5.02 Å². The van der Waals surface area contributed by atoms with E-state index >= 15 is 0 Å². The Balaban J connectivity index is 2.22. The van der Waals surface area contributed by atoms with Gasteiger partial charge in [0.25, 0.3) is 0 Å². The molecule has 0 aliphatic carbocycles. The maximum atomic E-state index is 11.9. The van der Waals surface area contributed by atoms with Crippen molar-refractivity contribution in [2.75, 3.05) is 18.4 Å². The minimum atomic E-state index is -0.0805. The molecule has 0 radical (unpaired) electrons. The van der Waals surface area contributed by atoms with Crippen LogP contribution in [0, 0.1) is 0 Å². The van der Waals surface area contributed by atoms with Crippen molar-refractivity contribution in [2.45, 2.75) is 39.5 Å². The number of halogens is 1. The lowest BCUT2D eigenvalue weighted by atomic mass is 9.90. The third-order valence-corrected chi connectivity index (χ3v) is 4.69. The van der Waals surface area contributed by atoms with Crippen molar-refractivity contribution in [1.82, 2.24) is 10.3 Å². The summed E-state index contributed by atoms with van der Waals surface area (Å²) in [5, 5.41) is 7.30. The van der Waals surface area contributed by atoms with Gasteiger partial charge in [0, 0.05) is 21.7 Å². The van der Waals surface area contributed by atoms with Gasteiger partial charge in [-0.25, -0.2) is 4.98 Å². The first-order chi connectivity index (χ1) is 11.3. The number of nitrogens with zero attached hydrogens (tertiary/aromatic N) is 1. The number of nitrogens with one attached hydrogen (secondary N) is 2. The fourth-order valence-electron chi connectivity index (χ4n) is 2.30. The number of carbonyl (C=O) groups excluding carboxylic acids is 1. The molecular weight excluding hydrogens is 342 g/mol. The molecule has 1 heterocycles. The molecule has 1 amide bonds. The molecule has 0 fully saturated rings. The van der Waals surface area contributed by atoms with Crippen molar-refractivity contribution in [3.05, 3.63) is 45.4 Å². The van der Waals surface area contributed by atoms with E-state index in [0.717, 1.165) is 23.7 Å². The van der Waals surface area contributed by atoms with E-state index < -0.39 is 0 Å². The van der Waals surface area contributed by atoms with E-state index in [2.05, 4.69) is 36.4 Å². The van der Waals surface area contributed by atoms with Crippen molar-refractivity contribution in [2.24, 2.45) is 0 Å². The molecule has 4 nitrogen and oxygen atoms in total. The zero-order valence-electron chi connectivity index (χ0n) is 14.6. The fourth-order valence-corrected chi connectivity index (χ4v) is 3.65. The van der Waals surface area contributed by atoms with E-state index in [1.165, 1.54) is 10.4 Å². The highest BCUT2D eigenvalue weighted by molar-refractivity contribution is 7.15. The van der Waals surface area contributed by atoms with Gasteiger partial charge in [-0.1, -0.05) is 51.4 Å². The molecule has 0 aliphatic heterocycles. The van der Waals surface area contributed by atoms with Crippen molar-refractivity contribution in [3.8, 4) is 0 Å². The first-order valence-corrected chi connectivity index (χ1v) is 9.24. The average molecular weight is 366 g/mol. The highest BCUT2D eigenvalue weighted by atomic mass is 35.5. The molecule has 0 saturated heterocycles. The zero-order chi connectivity index (χ0) is 17.7. The Labute approximate surface area is 152 Å². The minimum Gasteiger partial charge on any atom is -0.309 e. The quantitative estimate of drug-likeness (QED) is 0.805. The summed E-state index contributed by atoms with van der Waals surface area (Å²) in [4.78, 5) is 17.8. The lowest BCUT2D eigenvalue weighted by Gasteiger charge is -2.17. The SMILES string of the molecule is CCNCC(=O)Nc1nc(C(C)(C)C)c(Cc2ccc(Cl)cc2)s1. The molecule has 6 heteroatoms. The van der Waals surface area contributed by atoms with E-state index in [-0.39, 0.29) is 11.3 Å². The van der Waals surface area contributed by atoms with Gasteiger partial charge in [-0.15, -0.1) is 11.3 Å². The number of hydrogen-bond acceptors (Lipinski definition) is 4. The van der Waals surface area contributed by atoms with E-state index in [1.54, 1.807) is 11.3 Å². The third-order valence-electron chi connectivity index (χ3n) is 3.47. The maximum Gasteiger partial charge on any atom is 0.240 e. The van der Waals surface area contributed by atoms with Gasteiger partial charge in [0.2, 0.25) is 5.91 Å². The lowest BCUT2D eigenvalue weighted by Crippen LogP contribution is -2.27. The zero-order valence-corrected chi connectivity index (χ0v) is 16.1. The molecule has 130 valence electrons. The summed E-state index contributed by atoms with van der Waals surface area (Å²) < 4.78 is 0. The lowest BCUT2D eigenvalue weighted by molar-refractivity contribution is -0.115. The Kier molecular flexibility index (Phi) is 6.38. The predicted octanol–water partition coefficient (Wildman–Crippen LogP) is 4.23. The normalized spacial score (nSPS) is 11.5. The average Bonchev–Trinajstić information content (AvgIpc) is 2.90. The number of carbonyl (C=O) groups is 1. The van der Waals surface area contributed by atoms with Crippen molar-refractivity contribution < 1.29 is 4.79 Å². The van der Waals surface area contributed by atoms with Gasteiger partial charge in [-0.05, 0) is 24.2 Å². The van der Waals surface area contributed by atoms with E-state index in [4.69, 9.17) is 11.6 Å². The van der Waals surface area contributed by atoms with Gasteiger partial charge >= 0.3 is 0 Å². The van der Waals surface area contributed by atoms with Crippen LogP contribution in [0.1, 0.15) is 43.8 Å². The van der Waals surface area contributed by atoms with Crippen molar-refractivity contribution in [1.29, 1.82) is 0 Å². The Hall–Kier alpha value is -1.43. The number of thiazole rings is 1. The van der Waals surface area contributed by atoms with Crippen molar-refractivity contribution >= 4 is 34.0 Å². The highest BCUT2D eigenvalue weighted by Crippen LogP contribution is 2.33. The Bertz CT molecular complexity index is 689. The van der Waals surface area contributed by atoms with Crippen LogP contribution in [-0.2, 0) is 16.6 Å². The summed E-state index contributed by atoms with van der Waals surface area (Å²) in [5.74, 6) is -0.0656. The maximum absolute atomic E-state index is 11.9. The summed E-state index contributed by atoms with van der Waals surface area (Å²) in [7, 11) is 0. The van der Waals surface area contributed by atoms with Crippen LogP contribution in [0.25, 0.3) is 0 Å². The minimum absolute atomic E-state index is 0.0656. The monoisotopic (exact) mass is 365 g/mol. The standard InChI is InChI=1S/C18H24ClN3OS/c1-5-20-11-15(23)21-17-22-16(18(2,3)4)14(24-17)10-12-6-8-13(19)9-7-12/h6-9,20H,5,10-11H2,1-4H3,(H,21,22,23). The summed E-state index contributed by atoms with van der Waals surface area (Å²) >= 11 is 7.50. The van der Waals surface area contributed by atoms with Gasteiger partial charge in [0.1, 0.15) is 0 Å². The number of benzene rings is 1. The van der Waals surface area contributed by atoms with E-state index in [0.29, 0.717) is 11.7 Å². The second-order valence-corrected chi connectivity index (χ2v) is 8.19. The molecular formula is C18H24ClN3OS. The molecule has 0 bridgehead atoms. The second-order valence-electron chi connectivity index (χ2n) is 6.67. The summed E-state index contributed by atoms with van der Waals surface area (Å²) in [5.41, 5.74) is 2.13. The number of rotatable bonds is 6. The number of aromatic nitrogens is 1. The Morgan fingerprint density at radius 2 is 1.92 bits per heavy atom. The first kappa shape index (κ1) is 18.9. The molecule has 24 heavy (non-hydrogen) atoms. The molecule has 0 spiro atoms. The second kappa shape index (κ2) is 8.10. The number of amides is 1. The molecule has 1 aromatic heterocycles. The molecule has 2 N–H and O–H groups in total. The fraction of sp³-hybridized carbons (Fsp3) is 0.444. The summed E-state index contributed by atoms with van der Waals surface area (Å²) in [6.07, 6.45) is 0.782. The van der Waals surface area contributed by atoms with Crippen LogP contribution in [-0.4, -0.2) is 24.0 Å². The van der Waals surface area contributed by atoms with Gasteiger partial charge in [0.05, 0.1) is 12.2 Å². The van der Waals surface area contributed by atoms with E-state index in [9.17, 15) is 4.79 Å². The molecule has 2 aromatic rings. The predicted molar refractivity (Wildman–Crippen MR) is 102 cm³/mol. The summed E-state index contributed by atoms with van der Waals surface area (Å²) in [6.45, 7) is 9.44. The highest BCUT2D eigenvalue weighted by Gasteiger charge is 2.24. The number of hydrogen-bond donors (Lipinski definition) is 2. The third kappa shape index (κ3) is 5.30. The van der Waals surface area contributed by atoms with Gasteiger partial charge in [-0.2, -0.15) is 0 Å². The van der Waals surface area contributed by atoms with Crippen LogP contribution in [0.5, 0.6) is 0 Å². The van der Waals surface area contributed by atoms with Crippen LogP contribution in [0.3, 0.4) is 0 Å². The molecule has 0 aliphatic rings. The van der Waals surface area contributed by atoms with Crippen LogP contribution >= 0.6 is 22.9 Å². The first-order valence-electron chi connectivity index (χ1n) is 8.04. The van der Waals surface area contributed by atoms with Crippen LogP contribution < -0.4 is 10.6 Å². The van der Waals surface area contributed by atoms with Gasteiger partial charge < -0.3 is 10.6 Å². The molecule has 2 rings (SSSR count). The van der Waals surface area contributed by atoms with Gasteiger partial charge in [-0.3, -0.25) is 4.79 Å². The van der Waals surface area contributed by atoms with Crippen LogP contribution in [0.15, 0.2) is 24.3 Å². The number of likely N-dealkylation sites (N-methyl/N-ethyl adjacent to an activating group) is 1. The largest absolute Gasteiger partial charge is 0.309 e. The smallest absolute Gasteiger partial charge is 0.240 e. The molecule has 0 unspecified atom stereocenters. The van der Waals surface area contributed by atoms with Gasteiger partial charge in [0.15, 0.2) is 5.13 Å². The summed E-state index contributed by atoms with van der Waals surface area (Å²) in [6, 6.07) is 7.84.